The maximum atomic E-state index is 12.7. The summed E-state index contributed by atoms with van der Waals surface area (Å²) < 4.78 is 77.7. The minimum atomic E-state index is -3.89. The van der Waals surface area contributed by atoms with E-state index in [-0.39, 0.29) is 186 Å². The fourth-order valence-electron chi connectivity index (χ4n) is 4.26. The smallest absolute Gasteiger partial charge is 0.691 e. The van der Waals surface area contributed by atoms with Crippen molar-refractivity contribution in [3.05, 3.63) is 60.7 Å². The molecule has 0 atom stereocenters. The first-order chi connectivity index (χ1) is 25.9. The van der Waals surface area contributed by atoms with Crippen LogP contribution in [-0.4, -0.2) is 53.8 Å². The molecule has 0 aromatic heterocycles. The first-order valence-corrected chi connectivity index (χ1v) is 19.6. The van der Waals surface area contributed by atoms with Gasteiger partial charge in [-0.1, -0.05) is 0 Å². The Morgan fingerprint density at radius 1 is 0.684 bits per heavy atom. The number of anilines is 1. The van der Waals surface area contributed by atoms with Gasteiger partial charge in [-0.05, 0) is 54.6 Å². The molecule has 0 saturated heterocycles. The van der Waals surface area contributed by atoms with Crippen molar-refractivity contribution < 1.29 is 168 Å². The Labute approximate surface area is 403 Å². The van der Waals surface area contributed by atoms with Crippen LogP contribution in [0.4, 0.5) is 28.4 Å². The Kier molecular flexibility index (Phi) is 25.9. The predicted octanol–water partition coefficient (Wildman–Crippen LogP) is -5.64. The molecule has 4 rings (SSSR count). The summed E-state index contributed by atoms with van der Waals surface area (Å²) in [7, 11) is -6.41. The van der Waals surface area contributed by atoms with E-state index in [2.05, 4.69) is 48.6 Å². The number of nitrogens with two attached hydrogens (primary N) is 1. The molecule has 0 unspecified atom stereocenters. The first-order valence-electron chi connectivity index (χ1n) is 14.2. The van der Waals surface area contributed by atoms with Gasteiger partial charge >= 0.3 is 88.7 Å². The molecule has 0 saturated carbocycles. The van der Waals surface area contributed by atoms with Crippen molar-refractivity contribution in [2.75, 3.05) is 37.6 Å². The van der Waals surface area contributed by atoms with Gasteiger partial charge in [0.25, 0.3) is 0 Å². The van der Waals surface area contributed by atoms with E-state index in [9.17, 15) is 37.7 Å². The molecule has 0 spiro atoms. The molecule has 292 valence electrons. The van der Waals surface area contributed by atoms with E-state index in [1.54, 1.807) is 0 Å². The molecular formula is C27H24N5Na3O17S5. The van der Waals surface area contributed by atoms with E-state index in [0.29, 0.717) is 12.0 Å². The Hall–Kier alpha value is -0.750. The number of rotatable bonds is 22. The standard InChI is InChI=1S/C27H27N5O17S5.3Na/c1-41-23-14-18(54(39,40)13-11-43-52-49-46-36)6-9-22(23)30-32-26-24(50-47-44-34)15-20-19(27(26)33)7-8-21(28)25(20)31-29-16-2-4-17(5-3-16)53(37,38)12-10-42-51-48-45-35;;;/h2-9,14-15,33-36H,10-13,28H2,1H3;;;/q;3*+1/p-3. The van der Waals surface area contributed by atoms with Crippen molar-refractivity contribution in [1.82, 2.24) is 0 Å². The van der Waals surface area contributed by atoms with Gasteiger partial charge < -0.3 is 31.3 Å². The van der Waals surface area contributed by atoms with Crippen LogP contribution in [0.5, 0.6) is 11.5 Å². The number of hydrogen-bond acceptors (Lipinski definition) is 25. The van der Waals surface area contributed by atoms with Gasteiger partial charge in [-0.25, -0.2) is 16.8 Å². The van der Waals surface area contributed by atoms with Crippen LogP contribution in [0.25, 0.3) is 10.8 Å². The minimum Gasteiger partial charge on any atom is -0.691 e. The van der Waals surface area contributed by atoms with E-state index in [1.165, 1.54) is 67.8 Å². The average molecular weight is 920 g/mol. The summed E-state index contributed by atoms with van der Waals surface area (Å²) in [5.41, 5.74) is 6.45. The topological polar surface area (TPSA) is 316 Å². The number of hydrogen-bond donors (Lipinski definition) is 2. The molecule has 57 heavy (non-hydrogen) atoms. The van der Waals surface area contributed by atoms with Crippen molar-refractivity contribution in [3.8, 4) is 11.5 Å². The quantitative estimate of drug-likeness (QED) is 0.0141. The third kappa shape index (κ3) is 15.9. The number of fused-ring (bicyclic) bond motifs is 1. The molecule has 0 amide bonds. The van der Waals surface area contributed by atoms with Crippen LogP contribution >= 0.6 is 36.7 Å². The van der Waals surface area contributed by atoms with Crippen LogP contribution in [0.2, 0.25) is 0 Å². The number of ether oxygens (including phenoxy) is 1. The Bertz CT molecular complexity index is 2180. The summed E-state index contributed by atoms with van der Waals surface area (Å²) in [6.45, 7) is -0.645. The van der Waals surface area contributed by atoms with Gasteiger partial charge in [-0.2, -0.15) is 9.45 Å². The van der Waals surface area contributed by atoms with E-state index in [0.717, 1.165) is 0 Å². The summed E-state index contributed by atoms with van der Waals surface area (Å²) in [6, 6.07) is 13.4. The second-order valence-electron chi connectivity index (χ2n) is 9.81. The third-order valence-electron chi connectivity index (χ3n) is 6.70. The fourth-order valence-corrected chi connectivity index (χ4v) is 7.57. The van der Waals surface area contributed by atoms with E-state index in [4.69, 9.17) is 18.8 Å². The van der Waals surface area contributed by atoms with Crippen molar-refractivity contribution in [3.63, 3.8) is 0 Å². The molecule has 4 aromatic rings. The van der Waals surface area contributed by atoms with Gasteiger partial charge in [0.2, 0.25) is 0 Å². The predicted molar refractivity (Wildman–Crippen MR) is 181 cm³/mol. The number of benzene rings is 4. The molecule has 0 heterocycles. The van der Waals surface area contributed by atoms with Crippen molar-refractivity contribution in [1.29, 1.82) is 0 Å². The summed E-state index contributed by atoms with van der Waals surface area (Å²) in [5, 5.41) is 68.2. The van der Waals surface area contributed by atoms with Gasteiger partial charge in [0.15, 0.2) is 50.1 Å². The number of nitrogen functional groups attached to an aromatic ring is 1. The molecule has 3 N–H and O–H groups in total. The fraction of sp³-hybridized carbons (Fsp3) is 0.185. The molecule has 22 nitrogen and oxygen atoms in total. The van der Waals surface area contributed by atoms with Crippen LogP contribution in [0.3, 0.4) is 0 Å². The summed E-state index contributed by atoms with van der Waals surface area (Å²) in [5.74, 6) is -1.39. The molecule has 0 radical (unpaired) electrons. The molecule has 0 fully saturated rings. The zero-order chi connectivity index (χ0) is 39.1. The van der Waals surface area contributed by atoms with Crippen molar-refractivity contribution in [2.24, 2.45) is 20.5 Å². The number of sulfone groups is 2. The van der Waals surface area contributed by atoms with Crippen LogP contribution in [-0.2, 0) is 56.2 Å². The minimum absolute atomic E-state index is 0. The molecule has 4 aromatic carbocycles. The third-order valence-corrected chi connectivity index (χ3v) is 11.4. The van der Waals surface area contributed by atoms with Crippen LogP contribution in [0.15, 0.2) is 95.8 Å². The zero-order valence-corrected chi connectivity index (χ0v) is 40.1. The number of aromatic hydroxyl groups is 1. The second kappa shape index (κ2) is 27.2. The Morgan fingerprint density at radius 2 is 1.25 bits per heavy atom. The Balaban J connectivity index is 0.00000541. The zero-order valence-electron chi connectivity index (χ0n) is 30.0. The van der Waals surface area contributed by atoms with Gasteiger partial charge in [0.1, 0.15) is 22.8 Å². The molecule has 0 bridgehead atoms. The summed E-state index contributed by atoms with van der Waals surface area (Å²) >= 11 is 0.716. The van der Waals surface area contributed by atoms with Crippen LogP contribution in [0, 0.1) is 0 Å². The Morgan fingerprint density at radius 3 is 1.82 bits per heavy atom. The second-order valence-corrected chi connectivity index (χ2v) is 15.8. The van der Waals surface area contributed by atoms with Crippen molar-refractivity contribution in [2.45, 2.75) is 14.7 Å². The molecule has 0 aliphatic rings. The monoisotopic (exact) mass is 919 g/mol. The number of phenols is 1. The van der Waals surface area contributed by atoms with Gasteiger partial charge in [-0.15, -0.1) is 24.0 Å². The number of azo groups is 2. The maximum absolute atomic E-state index is 12.7. The molecule has 30 heteroatoms. The largest absolute Gasteiger partial charge is 1.00 e. The SMILES string of the molecule is COc1cc(S(=O)(=O)CCOSOO[O-])ccc1N=Nc1c(SOO[O-])cc2c(N=Nc3ccc(S(=O)(=O)CCOSOO[O-])cc3)c(N)ccc2c1O.[Na+].[Na+].[Na+]. The number of methoxy groups -OCH3 is 1. The van der Waals surface area contributed by atoms with Gasteiger partial charge in [0, 0.05) is 16.8 Å². The van der Waals surface area contributed by atoms with Gasteiger partial charge in [-0.3, -0.25) is 23.5 Å². The van der Waals surface area contributed by atoms with Gasteiger partial charge in [0.05, 0.1) is 69.9 Å². The summed E-state index contributed by atoms with van der Waals surface area (Å²) in [6.07, 6.45) is 0. The van der Waals surface area contributed by atoms with Crippen LogP contribution in [0.1, 0.15) is 0 Å². The van der Waals surface area contributed by atoms with Crippen molar-refractivity contribution >= 4 is 95.6 Å². The number of phenolic OH excluding ortho intramolecular Hbond substituents is 1. The first kappa shape index (κ1) is 54.3. The average Bonchev–Trinajstić information content (AvgIpc) is 3.16. The molecule has 0 aliphatic carbocycles. The van der Waals surface area contributed by atoms with Crippen LogP contribution < -0.4 is 115 Å². The van der Waals surface area contributed by atoms with E-state index >= 15 is 0 Å². The van der Waals surface area contributed by atoms with E-state index in [1.807, 2.05) is 0 Å². The number of nitrogens with zero attached hydrogens (tertiary/aromatic N) is 4. The van der Waals surface area contributed by atoms with E-state index < -0.39 is 36.9 Å². The molecule has 0 aliphatic heterocycles. The summed E-state index contributed by atoms with van der Waals surface area (Å²) in [4.78, 5) is -0.206. The molecular weight excluding hydrogens is 896 g/mol. The normalized spacial score (nSPS) is 11.7. The maximum Gasteiger partial charge on any atom is 1.00 e.